The van der Waals surface area contributed by atoms with Gasteiger partial charge in [-0.05, 0) is 30.5 Å². The third-order valence-corrected chi connectivity index (χ3v) is 2.74. The number of benzene rings is 1. The Morgan fingerprint density at radius 1 is 1.42 bits per heavy atom. The SMILES string of the molecule is OCCCc1c(Cl)cccc1Br. The maximum Gasteiger partial charge on any atom is 0.0449 e. The van der Waals surface area contributed by atoms with Gasteiger partial charge in [0.25, 0.3) is 0 Å². The minimum Gasteiger partial charge on any atom is -0.396 e. The van der Waals surface area contributed by atoms with Crippen molar-refractivity contribution in [3.05, 3.63) is 33.3 Å². The van der Waals surface area contributed by atoms with E-state index in [-0.39, 0.29) is 6.61 Å². The molecule has 0 saturated heterocycles. The first kappa shape index (κ1) is 10.0. The fourth-order valence-electron chi connectivity index (χ4n) is 1.03. The number of hydrogen-bond donors (Lipinski definition) is 1. The predicted octanol–water partition coefficient (Wildman–Crippen LogP) is 3.03. The summed E-state index contributed by atoms with van der Waals surface area (Å²) in [5.74, 6) is 0. The van der Waals surface area contributed by atoms with Crippen LogP contribution in [0.1, 0.15) is 12.0 Å². The molecular weight excluding hydrogens is 239 g/mol. The topological polar surface area (TPSA) is 20.2 Å². The van der Waals surface area contributed by atoms with Gasteiger partial charge in [-0.1, -0.05) is 33.6 Å². The fraction of sp³-hybridized carbons (Fsp3) is 0.333. The van der Waals surface area contributed by atoms with Gasteiger partial charge < -0.3 is 5.11 Å². The van der Waals surface area contributed by atoms with Gasteiger partial charge in [0.05, 0.1) is 0 Å². The van der Waals surface area contributed by atoms with Gasteiger partial charge in [0, 0.05) is 16.1 Å². The molecule has 0 saturated carbocycles. The van der Waals surface area contributed by atoms with E-state index in [4.69, 9.17) is 16.7 Å². The van der Waals surface area contributed by atoms with Crippen molar-refractivity contribution in [2.45, 2.75) is 12.8 Å². The summed E-state index contributed by atoms with van der Waals surface area (Å²) < 4.78 is 1.02. The molecule has 0 aliphatic rings. The summed E-state index contributed by atoms with van der Waals surface area (Å²) in [5.41, 5.74) is 1.08. The molecule has 1 rings (SSSR count). The Hall–Kier alpha value is -0.0500. The zero-order chi connectivity index (χ0) is 8.97. The van der Waals surface area contributed by atoms with E-state index < -0.39 is 0 Å². The molecule has 0 fully saturated rings. The number of rotatable bonds is 3. The Labute approximate surface area is 85.5 Å². The Bertz CT molecular complexity index is 242. The zero-order valence-electron chi connectivity index (χ0n) is 6.56. The summed E-state index contributed by atoms with van der Waals surface area (Å²) in [6.45, 7) is 0.206. The van der Waals surface area contributed by atoms with E-state index >= 15 is 0 Å². The molecule has 3 heteroatoms. The third-order valence-electron chi connectivity index (χ3n) is 1.65. The number of aliphatic hydroxyl groups excluding tert-OH is 1. The van der Waals surface area contributed by atoms with E-state index in [2.05, 4.69) is 15.9 Å². The second-order valence-corrected chi connectivity index (χ2v) is 3.79. The largest absolute Gasteiger partial charge is 0.396 e. The lowest BCUT2D eigenvalue weighted by Gasteiger charge is -2.04. The first-order valence-corrected chi connectivity index (χ1v) is 4.96. The third kappa shape index (κ3) is 2.47. The molecule has 0 radical (unpaired) electrons. The van der Waals surface area contributed by atoms with Gasteiger partial charge in [-0.3, -0.25) is 0 Å². The molecule has 0 aliphatic carbocycles. The van der Waals surface area contributed by atoms with Gasteiger partial charge in [0.2, 0.25) is 0 Å². The molecule has 0 atom stereocenters. The average molecular weight is 250 g/mol. The summed E-state index contributed by atoms with van der Waals surface area (Å²) in [6.07, 6.45) is 1.57. The molecule has 0 heterocycles. The molecule has 66 valence electrons. The molecule has 12 heavy (non-hydrogen) atoms. The lowest BCUT2D eigenvalue weighted by Crippen LogP contribution is -1.91. The normalized spacial score (nSPS) is 10.2. The van der Waals surface area contributed by atoms with E-state index in [0.29, 0.717) is 0 Å². The molecule has 0 aromatic heterocycles. The van der Waals surface area contributed by atoms with Crippen molar-refractivity contribution in [3.63, 3.8) is 0 Å². The smallest absolute Gasteiger partial charge is 0.0449 e. The monoisotopic (exact) mass is 248 g/mol. The highest BCUT2D eigenvalue weighted by molar-refractivity contribution is 9.10. The molecule has 1 aromatic rings. The molecule has 0 bridgehead atoms. The van der Waals surface area contributed by atoms with Crippen LogP contribution in [0.4, 0.5) is 0 Å². The molecule has 1 N–H and O–H groups in total. The number of halogens is 2. The van der Waals surface area contributed by atoms with Crippen molar-refractivity contribution < 1.29 is 5.11 Å². The van der Waals surface area contributed by atoms with Crippen molar-refractivity contribution in [1.82, 2.24) is 0 Å². The highest BCUT2D eigenvalue weighted by Crippen LogP contribution is 2.25. The first-order chi connectivity index (χ1) is 5.75. The number of aliphatic hydroxyl groups is 1. The van der Waals surface area contributed by atoms with Crippen LogP contribution in [-0.2, 0) is 6.42 Å². The van der Waals surface area contributed by atoms with Crippen LogP contribution in [0.25, 0.3) is 0 Å². The molecule has 1 aromatic carbocycles. The summed E-state index contributed by atoms with van der Waals surface area (Å²) >= 11 is 9.36. The van der Waals surface area contributed by atoms with Gasteiger partial charge in [-0.15, -0.1) is 0 Å². The van der Waals surface area contributed by atoms with Crippen LogP contribution >= 0.6 is 27.5 Å². The highest BCUT2D eigenvalue weighted by atomic mass is 79.9. The van der Waals surface area contributed by atoms with E-state index in [9.17, 15) is 0 Å². The fourth-order valence-corrected chi connectivity index (χ4v) is 1.97. The first-order valence-electron chi connectivity index (χ1n) is 3.79. The molecule has 0 amide bonds. The standard InChI is InChI=1S/C9H10BrClO/c10-8-4-1-5-9(11)7(8)3-2-6-12/h1,4-5,12H,2-3,6H2. The summed E-state index contributed by atoms with van der Waals surface area (Å²) in [4.78, 5) is 0. The minimum absolute atomic E-state index is 0.206. The van der Waals surface area contributed by atoms with Crippen LogP contribution in [-0.4, -0.2) is 11.7 Å². The average Bonchev–Trinajstić information content (AvgIpc) is 2.04. The van der Waals surface area contributed by atoms with Gasteiger partial charge in [-0.25, -0.2) is 0 Å². The van der Waals surface area contributed by atoms with Crippen LogP contribution in [0.2, 0.25) is 5.02 Å². The van der Waals surface area contributed by atoms with Crippen LogP contribution in [0.5, 0.6) is 0 Å². The summed E-state index contributed by atoms with van der Waals surface area (Å²) in [7, 11) is 0. The van der Waals surface area contributed by atoms with Gasteiger partial charge in [0.15, 0.2) is 0 Å². The number of hydrogen-bond acceptors (Lipinski definition) is 1. The van der Waals surface area contributed by atoms with Crippen molar-refractivity contribution in [3.8, 4) is 0 Å². The Balaban J connectivity index is 2.81. The van der Waals surface area contributed by atoms with Crippen LogP contribution in [0.15, 0.2) is 22.7 Å². The van der Waals surface area contributed by atoms with E-state index in [1.807, 2.05) is 18.2 Å². The Morgan fingerprint density at radius 3 is 2.75 bits per heavy atom. The van der Waals surface area contributed by atoms with Crippen molar-refractivity contribution >= 4 is 27.5 Å². The molecule has 0 unspecified atom stereocenters. The van der Waals surface area contributed by atoms with E-state index in [1.54, 1.807) is 0 Å². The van der Waals surface area contributed by atoms with Crippen LogP contribution in [0, 0.1) is 0 Å². The molecule has 0 spiro atoms. The lowest BCUT2D eigenvalue weighted by atomic mass is 10.1. The molecule has 1 nitrogen and oxygen atoms in total. The van der Waals surface area contributed by atoms with Crippen molar-refractivity contribution in [2.75, 3.05) is 6.61 Å². The van der Waals surface area contributed by atoms with E-state index in [1.165, 1.54) is 0 Å². The summed E-state index contributed by atoms with van der Waals surface area (Å²) in [6, 6.07) is 5.71. The predicted molar refractivity (Wildman–Crippen MR) is 54.6 cm³/mol. The Kier molecular flexibility index (Phi) is 4.06. The van der Waals surface area contributed by atoms with Gasteiger partial charge >= 0.3 is 0 Å². The lowest BCUT2D eigenvalue weighted by molar-refractivity contribution is 0.288. The maximum absolute atomic E-state index is 8.65. The van der Waals surface area contributed by atoms with Crippen molar-refractivity contribution in [2.24, 2.45) is 0 Å². The second-order valence-electron chi connectivity index (χ2n) is 2.53. The maximum atomic E-state index is 8.65. The van der Waals surface area contributed by atoms with Gasteiger partial charge in [-0.2, -0.15) is 0 Å². The quantitative estimate of drug-likeness (QED) is 0.873. The Morgan fingerprint density at radius 2 is 2.17 bits per heavy atom. The molecule has 0 aliphatic heterocycles. The summed E-state index contributed by atoms with van der Waals surface area (Å²) in [5, 5.41) is 9.41. The minimum atomic E-state index is 0.206. The van der Waals surface area contributed by atoms with Gasteiger partial charge in [0.1, 0.15) is 0 Å². The molecular formula is C9H10BrClO. The zero-order valence-corrected chi connectivity index (χ0v) is 8.90. The highest BCUT2D eigenvalue weighted by Gasteiger charge is 2.03. The second kappa shape index (κ2) is 4.85. The van der Waals surface area contributed by atoms with Crippen LogP contribution < -0.4 is 0 Å². The van der Waals surface area contributed by atoms with E-state index in [0.717, 1.165) is 27.9 Å². The van der Waals surface area contributed by atoms with Crippen molar-refractivity contribution in [1.29, 1.82) is 0 Å². The van der Waals surface area contributed by atoms with Crippen LogP contribution in [0.3, 0.4) is 0 Å².